The standard InChI is InChI=1S/C22H28O5S/c1-13(2)16-11-19(14(3)4)21(20(12-16)15(5)6)22(23)27-17-7-9-18(10-8-17)28(24,25)26/h7-15H,1-6H3,(H,24,25,26)/p-1. The van der Waals surface area contributed by atoms with Crippen molar-refractivity contribution in [2.45, 2.75) is 64.2 Å². The van der Waals surface area contributed by atoms with Crippen LogP contribution in [-0.4, -0.2) is 18.9 Å². The highest BCUT2D eigenvalue weighted by molar-refractivity contribution is 7.85. The molecule has 0 heterocycles. The van der Waals surface area contributed by atoms with Crippen molar-refractivity contribution in [1.82, 2.24) is 0 Å². The van der Waals surface area contributed by atoms with Gasteiger partial charge in [0.2, 0.25) is 0 Å². The largest absolute Gasteiger partial charge is 0.744 e. The summed E-state index contributed by atoms with van der Waals surface area (Å²) in [7, 11) is -4.54. The van der Waals surface area contributed by atoms with Crippen LogP contribution in [0.2, 0.25) is 0 Å². The van der Waals surface area contributed by atoms with Crippen molar-refractivity contribution in [3.63, 3.8) is 0 Å². The first-order valence-corrected chi connectivity index (χ1v) is 10.8. The van der Waals surface area contributed by atoms with Crippen LogP contribution in [0, 0.1) is 0 Å². The summed E-state index contributed by atoms with van der Waals surface area (Å²) in [4.78, 5) is 12.7. The number of hydrogen-bond donors (Lipinski definition) is 0. The molecule has 0 aromatic heterocycles. The fourth-order valence-electron chi connectivity index (χ4n) is 3.02. The minimum Gasteiger partial charge on any atom is -0.744 e. The van der Waals surface area contributed by atoms with E-state index in [1.165, 1.54) is 17.7 Å². The summed E-state index contributed by atoms with van der Waals surface area (Å²) in [5, 5.41) is 0. The Morgan fingerprint density at radius 1 is 0.857 bits per heavy atom. The van der Waals surface area contributed by atoms with E-state index in [1.807, 2.05) is 27.7 Å². The van der Waals surface area contributed by atoms with E-state index in [2.05, 4.69) is 26.0 Å². The van der Waals surface area contributed by atoms with Gasteiger partial charge in [-0.05, 0) is 58.7 Å². The van der Waals surface area contributed by atoms with E-state index in [-0.39, 0.29) is 22.5 Å². The minimum absolute atomic E-state index is 0.131. The number of carbonyl (C=O) groups is 1. The van der Waals surface area contributed by atoms with E-state index in [9.17, 15) is 17.8 Å². The third kappa shape index (κ3) is 5.00. The van der Waals surface area contributed by atoms with Gasteiger partial charge >= 0.3 is 5.97 Å². The molecule has 0 aliphatic carbocycles. The molecule has 0 spiro atoms. The maximum absolute atomic E-state index is 13.0. The fourth-order valence-corrected chi connectivity index (χ4v) is 3.49. The molecule has 0 saturated heterocycles. The lowest BCUT2D eigenvalue weighted by Crippen LogP contribution is -2.17. The van der Waals surface area contributed by atoms with Gasteiger partial charge in [0.05, 0.1) is 10.5 Å². The maximum atomic E-state index is 13.0. The van der Waals surface area contributed by atoms with Crippen molar-refractivity contribution in [3.05, 3.63) is 58.7 Å². The zero-order chi connectivity index (χ0) is 21.2. The predicted octanol–water partition coefficient (Wildman–Crippen LogP) is 5.18. The number of hydrogen-bond acceptors (Lipinski definition) is 5. The summed E-state index contributed by atoms with van der Waals surface area (Å²) < 4.78 is 38.7. The Morgan fingerprint density at radius 2 is 1.32 bits per heavy atom. The number of carbonyl (C=O) groups excluding carboxylic acids is 1. The van der Waals surface area contributed by atoms with Crippen LogP contribution in [0.4, 0.5) is 0 Å². The molecule has 0 fully saturated rings. The van der Waals surface area contributed by atoms with Crippen LogP contribution >= 0.6 is 0 Å². The van der Waals surface area contributed by atoms with Crippen LogP contribution in [0.25, 0.3) is 0 Å². The average Bonchev–Trinajstić information content (AvgIpc) is 2.59. The normalized spacial score (nSPS) is 12.1. The smallest absolute Gasteiger partial charge is 0.344 e. The van der Waals surface area contributed by atoms with Crippen molar-refractivity contribution < 1.29 is 22.5 Å². The first kappa shape index (κ1) is 22.1. The maximum Gasteiger partial charge on any atom is 0.344 e. The molecule has 0 amide bonds. The van der Waals surface area contributed by atoms with Gasteiger partial charge in [-0.1, -0.05) is 53.7 Å². The second-order valence-corrected chi connectivity index (χ2v) is 9.23. The summed E-state index contributed by atoms with van der Waals surface area (Å²) in [5.41, 5.74) is 3.58. The second kappa shape index (κ2) is 8.45. The minimum atomic E-state index is -4.54. The van der Waals surface area contributed by atoms with E-state index >= 15 is 0 Å². The monoisotopic (exact) mass is 403 g/mol. The molecule has 0 aliphatic rings. The molecule has 0 N–H and O–H groups in total. The molecule has 5 nitrogen and oxygen atoms in total. The van der Waals surface area contributed by atoms with Crippen molar-refractivity contribution in [3.8, 4) is 5.75 Å². The SMILES string of the molecule is CC(C)c1cc(C(C)C)c(C(=O)Oc2ccc(S(=O)(=O)[O-])cc2)c(C(C)C)c1. The second-order valence-electron chi connectivity index (χ2n) is 7.85. The third-order valence-corrected chi connectivity index (χ3v) is 5.51. The Morgan fingerprint density at radius 3 is 1.68 bits per heavy atom. The molecule has 0 unspecified atom stereocenters. The van der Waals surface area contributed by atoms with Gasteiger partial charge in [0.1, 0.15) is 15.9 Å². The van der Waals surface area contributed by atoms with E-state index < -0.39 is 16.1 Å². The first-order chi connectivity index (χ1) is 12.9. The van der Waals surface area contributed by atoms with Crippen LogP contribution in [0.3, 0.4) is 0 Å². The zero-order valence-electron chi connectivity index (χ0n) is 17.1. The molecule has 0 bridgehead atoms. The quantitative estimate of drug-likeness (QED) is 0.377. The first-order valence-electron chi connectivity index (χ1n) is 9.37. The Hall–Kier alpha value is -2.18. The van der Waals surface area contributed by atoms with E-state index in [0.717, 1.165) is 23.3 Å². The lowest BCUT2D eigenvalue weighted by molar-refractivity contribution is 0.0731. The van der Waals surface area contributed by atoms with Crippen LogP contribution in [0.15, 0.2) is 41.3 Å². The Bertz CT molecular complexity index is 926. The van der Waals surface area contributed by atoms with Crippen molar-refractivity contribution in [2.24, 2.45) is 0 Å². The van der Waals surface area contributed by atoms with Gasteiger partial charge < -0.3 is 9.29 Å². The number of benzene rings is 2. The van der Waals surface area contributed by atoms with Crippen molar-refractivity contribution in [2.75, 3.05) is 0 Å². The Balaban J connectivity index is 2.49. The van der Waals surface area contributed by atoms with Gasteiger partial charge in [-0.3, -0.25) is 0 Å². The lowest BCUT2D eigenvalue weighted by Gasteiger charge is -2.21. The third-order valence-electron chi connectivity index (χ3n) is 4.66. The summed E-state index contributed by atoms with van der Waals surface area (Å²) in [6.45, 7) is 12.4. The highest BCUT2D eigenvalue weighted by Crippen LogP contribution is 2.33. The van der Waals surface area contributed by atoms with Gasteiger partial charge in [-0.25, -0.2) is 13.2 Å². The van der Waals surface area contributed by atoms with Crippen LogP contribution in [-0.2, 0) is 10.1 Å². The molecule has 2 aromatic carbocycles. The molecule has 2 aromatic rings. The molecule has 28 heavy (non-hydrogen) atoms. The summed E-state index contributed by atoms with van der Waals surface area (Å²) in [6.07, 6.45) is 0. The van der Waals surface area contributed by atoms with E-state index in [0.29, 0.717) is 11.5 Å². The van der Waals surface area contributed by atoms with Crippen LogP contribution in [0.1, 0.15) is 86.3 Å². The van der Waals surface area contributed by atoms with Gasteiger partial charge in [-0.2, -0.15) is 0 Å². The van der Waals surface area contributed by atoms with Gasteiger partial charge in [0.15, 0.2) is 0 Å². The number of esters is 1. The fraction of sp³-hybridized carbons (Fsp3) is 0.409. The molecular formula is C22H27O5S-. The van der Waals surface area contributed by atoms with Gasteiger partial charge in [0, 0.05) is 0 Å². The van der Waals surface area contributed by atoms with E-state index in [1.54, 1.807) is 0 Å². The number of rotatable bonds is 6. The van der Waals surface area contributed by atoms with Crippen LogP contribution < -0.4 is 4.74 Å². The predicted molar refractivity (Wildman–Crippen MR) is 108 cm³/mol. The molecule has 152 valence electrons. The highest BCUT2D eigenvalue weighted by atomic mass is 32.2. The zero-order valence-corrected chi connectivity index (χ0v) is 18.0. The van der Waals surface area contributed by atoms with Crippen LogP contribution in [0.5, 0.6) is 5.75 Å². The van der Waals surface area contributed by atoms with Gasteiger partial charge in [0.25, 0.3) is 0 Å². The number of ether oxygens (including phenoxy) is 1. The molecule has 2 rings (SSSR count). The Labute approximate surface area is 167 Å². The summed E-state index contributed by atoms with van der Waals surface area (Å²) in [5.74, 6) is 0.301. The molecular weight excluding hydrogens is 376 g/mol. The lowest BCUT2D eigenvalue weighted by atomic mass is 9.84. The van der Waals surface area contributed by atoms with Crippen molar-refractivity contribution in [1.29, 1.82) is 0 Å². The van der Waals surface area contributed by atoms with Gasteiger partial charge in [-0.15, -0.1) is 0 Å². The topological polar surface area (TPSA) is 83.5 Å². The highest BCUT2D eigenvalue weighted by Gasteiger charge is 2.23. The summed E-state index contributed by atoms with van der Waals surface area (Å²) >= 11 is 0. The summed E-state index contributed by atoms with van der Waals surface area (Å²) in [6, 6.07) is 9.03. The molecule has 0 aliphatic heterocycles. The average molecular weight is 404 g/mol. The Kier molecular flexibility index (Phi) is 6.67. The molecule has 0 saturated carbocycles. The molecule has 0 radical (unpaired) electrons. The van der Waals surface area contributed by atoms with E-state index in [4.69, 9.17) is 4.74 Å². The van der Waals surface area contributed by atoms with Crippen molar-refractivity contribution >= 4 is 16.1 Å². The molecule has 6 heteroatoms. The molecule has 0 atom stereocenters.